The number of nitrogens with one attached hydrogen (secondary N) is 1. The van der Waals surface area contributed by atoms with Crippen LogP contribution >= 0.6 is 0 Å². The minimum absolute atomic E-state index is 0.110. The van der Waals surface area contributed by atoms with Crippen LogP contribution in [-0.2, 0) is 0 Å². The molecule has 2 aromatic carbocycles. The Kier molecular flexibility index (Phi) is 8.62. The lowest BCUT2D eigenvalue weighted by Gasteiger charge is -2.27. The number of halogens is 2. The van der Waals surface area contributed by atoms with Crippen LogP contribution in [0.5, 0.6) is 5.88 Å². The predicted octanol–water partition coefficient (Wildman–Crippen LogP) is 6.41. The first kappa shape index (κ1) is 30.7. The van der Waals surface area contributed by atoms with E-state index in [9.17, 15) is 0 Å². The largest absolute Gasteiger partial charge is 0.471 e. The Labute approximate surface area is 261 Å². The first-order valence-corrected chi connectivity index (χ1v) is 15.6. The molecule has 9 nitrogen and oxygen atoms in total. The van der Waals surface area contributed by atoms with Crippen LogP contribution in [0, 0.1) is 36.8 Å². The number of rotatable bonds is 5. The van der Waals surface area contributed by atoms with Gasteiger partial charge in [-0.3, -0.25) is 9.88 Å². The standard InChI is InChI=1S/C32H35F2N7O.C2H3N/c1-17-16-22-29(27(34)25(17)26-23(33)10-9-20-8-7-18(2)36-28(20)26)37-32(42-19(3)24-6-5-15-40(24)4)30-31(22)41(39-38-30)21-11-13-35-14-12-21;1-2-3/h7-10,16,19,21,24,35H,5-6,11-15H2,1-4H3;1H3/t19-,24?;/m0./s1. The smallest absolute Gasteiger partial charge is 0.245 e. The molecule has 5 aromatic rings. The zero-order valence-electron chi connectivity index (χ0n) is 26.4. The van der Waals surface area contributed by atoms with Crippen LogP contribution in [0.4, 0.5) is 8.78 Å². The highest BCUT2D eigenvalue weighted by Gasteiger charge is 2.31. The third kappa shape index (κ3) is 5.57. The number of nitriles is 1. The van der Waals surface area contributed by atoms with Crippen molar-refractivity contribution in [2.45, 2.75) is 71.6 Å². The summed E-state index contributed by atoms with van der Waals surface area (Å²) in [6.07, 6.45) is 3.69. The average Bonchev–Trinajstić information content (AvgIpc) is 3.67. The molecule has 11 heteroatoms. The highest BCUT2D eigenvalue weighted by Crippen LogP contribution is 2.41. The van der Waals surface area contributed by atoms with Crippen molar-refractivity contribution in [3.63, 3.8) is 0 Å². The maximum atomic E-state index is 16.9. The van der Waals surface area contributed by atoms with Crippen molar-refractivity contribution in [2.24, 2.45) is 0 Å². The van der Waals surface area contributed by atoms with Crippen LogP contribution in [0.15, 0.2) is 30.3 Å². The van der Waals surface area contributed by atoms with Gasteiger partial charge in [0, 0.05) is 40.6 Å². The third-order valence-electron chi connectivity index (χ3n) is 9.07. The Morgan fingerprint density at radius 3 is 2.47 bits per heavy atom. The molecule has 3 aromatic heterocycles. The van der Waals surface area contributed by atoms with Crippen molar-refractivity contribution in [1.82, 2.24) is 35.2 Å². The van der Waals surface area contributed by atoms with Gasteiger partial charge in [-0.15, -0.1) is 5.10 Å². The van der Waals surface area contributed by atoms with Crippen molar-refractivity contribution in [3.05, 3.63) is 53.2 Å². The van der Waals surface area contributed by atoms with Gasteiger partial charge in [0.1, 0.15) is 23.0 Å². The van der Waals surface area contributed by atoms with Gasteiger partial charge in [-0.1, -0.05) is 11.3 Å². The van der Waals surface area contributed by atoms with Gasteiger partial charge in [0.15, 0.2) is 11.3 Å². The van der Waals surface area contributed by atoms with Gasteiger partial charge in [-0.25, -0.2) is 18.4 Å². The molecule has 0 aliphatic carbocycles. The van der Waals surface area contributed by atoms with Gasteiger partial charge in [-0.05, 0) is 103 Å². The number of fused-ring (bicyclic) bond motifs is 4. The summed E-state index contributed by atoms with van der Waals surface area (Å²) in [6.45, 7) is 9.85. The molecule has 0 bridgehead atoms. The summed E-state index contributed by atoms with van der Waals surface area (Å²) in [5, 5.41) is 21.2. The number of likely N-dealkylation sites (tertiary alicyclic amines) is 1. The summed E-state index contributed by atoms with van der Waals surface area (Å²) < 4.78 is 40.9. The van der Waals surface area contributed by atoms with Crippen LogP contribution in [0.2, 0.25) is 0 Å². The molecule has 2 aliphatic rings. The summed E-state index contributed by atoms with van der Waals surface area (Å²) in [6, 6.07) is 10.8. The van der Waals surface area contributed by atoms with Crippen LogP contribution < -0.4 is 10.1 Å². The number of piperidine rings is 1. The van der Waals surface area contributed by atoms with Crippen molar-refractivity contribution in [1.29, 1.82) is 5.26 Å². The average molecular weight is 613 g/mol. The molecule has 2 fully saturated rings. The van der Waals surface area contributed by atoms with Gasteiger partial charge in [0.25, 0.3) is 0 Å². The molecule has 0 saturated carbocycles. The van der Waals surface area contributed by atoms with E-state index >= 15 is 8.78 Å². The number of hydrogen-bond acceptors (Lipinski definition) is 8. The molecular formula is C34H38F2N8O. The molecule has 0 radical (unpaired) electrons. The zero-order chi connectivity index (χ0) is 31.8. The lowest BCUT2D eigenvalue weighted by atomic mass is 9.94. The van der Waals surface area contributed by atoms with Crippen LogP contribution in [0.3, 0.4) is 0 Å². The van der Waals surface area contributed by atoms with Crippen molar-refractivity contribution >= 4 is 32.8 Å². The third-order valence-corrected chi connectivity index (χ3v) is 9.07. The van der Waals surface area contributed by atoms with E-state index in [0.717, 1.165) is 56.4 Å². The number of benzene rings is 2. The Bertz CT molecular complexity index is 1920. The van der Waals surface area contributed by atoms with Crippen LogP contribution in [0.25, 0.3) is 44.0 Å². The summed E-state index contributed by atoms with van der Waals surface area (Å²) in [5.41, 5.74) is 3.38. The van der Waals surface area contributed by atoms with E-state index in [2.05, 4.69) is 32.6 Å². The SMILES string of the molecule is CC#N.Cc1ccc2ccc(F)c(-c3c(C)cc4c(nc(O[C@@H](C)C5CCCN5C)c5nnn(C6CCNCC6)c54)c3F)c2n1. The molecule has 1 N–H and O–H groups in total. The highest BCUT2D eigenvalue weighted by atomic mass is 19.1. The Hall–Kier alpha value is -4.27. The fourth-order valence-corrected chi connectivity index (χ4v) is 6.88. The monoisotopic (exact) mass is 612 g/mol. The van der Waals surface area contributed by atoms with E-state index in [1.54, 1.807) is 19.1 Å². The summed E-state index contributed by atoms with van der Waals surface area (Å²) in [7, 11) is 2.09. The van der Waals surface area contributed by atoms with E-state index in [1.807, 2.05) is 36.7 Å². The minimum Gasteiger partial charge on any atom is -0.471 e. The fraction of sp³-hybridized carbons (Fsp3) is 0.441. The molecule has 7 rings (SSSR count). The van der Waals surface area contributed by atoms with Gasteiger partial charge in [0.05, 0.1) is 17.6 Å². The molecule has 2 atom stereocenters. The fourth-order valence-electron chi connectivity index (χ4n) is 6.88. The van der Waals surface area contributed by atoms with Gasteiger partial charge in [0.2, 0.25) is 5.88 Å². The van der Waals surface area contributed by atoms with Crippen LogP contribution in [0.1, 0.15) is 56.8 Å². The summed E-state index contributed by atoms with van der Waals surface area (Å²) >= 11 is 0. The molecule has 5 heterocycles. The molecule has 2 saturated heterocycles. The molecular weight excluding hydrogens is 574 g/mol. The van der Waals surface area contributed by atoms with Gasteiger partial charge >= 0.3 is 0 Å². The zero-order valence-corrected chi connectivity index (χ0v) is 26.4. The van der Waals surface area contributed by atoms with E-state index < -0.39 is 11.6 Å². The first-order valence-electron chi connectivity index (χ1n) is 15.6. The normalized spacial score (nSPS) is 18.2. The van der Waals surface area contributed by atoms with E-state index in [1.165, 1.54) is 13.0 Å². The minimum atomic E-state index is -0.602. The highest BCUT2D eigenvalue weighted by molar-refractivity contribution is 6.07. The second-order valence-corrected chi connectivity index (χ2v) is 12.1. The van der Waals surface area contributed by atoms with Gasteiger partial charge < -0.3 is 10.1 Å². The Balaban J connectivity index is 0.00000115. The van der Waals surface area contributed by atoms with E-state index in [0.29, 0.717) is 27.5 Å². The predicted molar refractivity (Wildman–Crippen MR) is 171 cm³/mol. The van der Waals surface area contributed by atoms with Crippen molar-refractivity contribution < 1.29 is 13.5 Å². The quantitative estimate of drug-likeness (QED) is 0.243. The summed E-state index contributed by atoms with van der Waals surface area (Å²) in [4.78, 5) is 11.7. The number of aryl methyl sites for hydroxylation is 2. The molecule has 2 aliphatic heterocycles. The van der Waals surface area contributed by atoms with Crippen molar-refractivity contribution in [3.8, 4) is 23.1 Å². The molecule has 0 spiro atoms. The number of pyridine rings is 2. The molecule has 0 amide bonds. The lowest BCUT2D eigenvalue weighted by molar-refractivity contribution is 0.118. The summed E-state index contributed by atoms with van der Waals surface area (Å²) in [5.74, 6) is -0.875. The maximum Gasteiger partial charge on any atom is 0.245 e. The molecule has 234 valence electrons. The topological polar surface area (TPSA) is 105 Å². The number of ether oxygens (including phenoxy) is 1. The van der Waals surface area contributed by atoms with E-state index in [-0.39, 0.29) is 40.7 Å². The van der Waals surface area contributed by atoms with Crippen molar-refractivity contribution in [2.75, 3.05) is 26.7 Å². The Morgan fingerprint density at radius 2 is 1.76 bits per heavy atom. The molecule has 45 heavy (non-hydrogen) atoms. The second kappa shape index (κ2) is 12.6. The van der Waals surface area contributed by atoms with E-state index in [4.69, 9.17) is 15.0 Å². The number of hydrogen-bond donors (Lipinski definition) is 1. The Morgan fingerprint density at radius 1 is 1.02 bits per heavy atom. The lowest BCUT2D eigenvalue weighted by Crippen LogP contribution is -2.38. The number of aromatic nitrogens is 5. The first-order chi connectivity index (χ1) is 21.7. The maximum absolute atomic E-state index is 16.9. The number of nitrogens with zero attached hydrogens (tertiary/aromatic N) is 7. The molecule has 1 unspecified atom stereocenters. The number of likely N-dealkylation sites (N-methyl/N-ethyl adjacent to an activating group) is 1. The second-order valence-electron chi connectivity index (χ2n) is 12.1. The van der Waals surface area contributed by atoms with Gasteiger partial charge in [-0.2, -0.15) is 5.26 Å². The van der Waals surface area contributed by atoms with Crippen LogP contribution in [-0.4, -0.2) is 68.7 Å².